The lowest BCUT2D eigenvalue weighted by Gasteiger charge is -2.17. The van der Waals surface area contributed by atoms with Crippen molar-refractivity contribution in [3.05, 3.63) is 76.7 Å². The minimum Gasteiger partial charge on any atom is -0.481 e. The van der Waals surface area contributed by atoms with E-state index >= 15 is 0 Å². The summed E-state index contributed by atoms with van der Waals surface area (Å²) in [6.07, 6.45) is -3.14. The third-order valence-corrected chi connectivity index (χ3v) is 5.64. The third-order valence-electron chi connectivity index (χ3n) is 5.64. The van der Waals surface area contributed by atoms with Gasteiger partial charge in [0.2, 0.25) is 5.88 Å². The number of carbonyl (C=O) groups excluding carboxylic acids is 1. The van der Waals surface area contributed by atoms with Crippen LogP contribution in [-0.4, -0.2) is 55.8 Å². The van der Waals surface area contributed by atoms with Gasteiger partial charge in [0.1, 0.15) is 12.4 Å². The molecule has 0 saturated heterocycles. The Balaban J connectivity index is 1.90. The zero-order valence-electron chi connectivity index (χ0n) is 21.0. The summed E-state index contributed by atoms with van der Waals surface area (Å²) < 4.78 is 20.9. The quantitative estimate of drug-likeness (QED) is 0.292. The molecule has 2 aromatic carbocycles. The van der Waals surface area contributed by atoms with Crippen LogP contribution in [0.15, 0.2) is 48.5 Å². The van der Waals surface area contributed by atoms with Gasteiger partial charge in [0.05, 0.1) is 24.3 Å². The molecule has 0 unspecified atom stereocenters. The predicted octanol–water partition coefficient (Wildman–Crippen LogP) is 3.34. The van der Waals surface area contributed by atoms with E-state index in [-0.39, 0.29) is 37.1 Å². The first kappa shape index (κ1) is 27.8. The summed E-state index contributed by atoms with van der Waals surface area (Å²) in [5.41, 5.74) is 3.05. The fourth-order valence-corrected chi connectivity index (χ4v) is 3.93. The highest BCUT2D eigenvalue weighted by molar-refractivity contribution is 5.94. The molecular formula is C27H32FN3O6. The summed E-state index contributed by atoms with van der Waals surface area (Å²) in [6.45, 7) is 5.70. The van der Waals surface area contributed by atoms with Crippen LogP contribution in [0, 0.1) is 12.7 Å². The standard InChI is InChI=1S/C27H32FN3O6/c1-16(2)24-25(26(36)29-14-18-6-4-5-17(3)11-18)30-31(20-9-7-19(28)8-10-20)27(24)37-15-22(33)12-21(32)13-23(34)35/h4-11,16,21-22,32-33H,12-15H2,1-3H3,(H,29,36)(H,34,35)/t21-,22+/m1/s1. The molecule has 10 heteroatoms. The largest absolute Gasteiger partial charge is 0.481 e. The maximum atomic E-state index is 13.6. The molecule has 9 nitrogen and oxygen atoms in total. The molecule has 37 heavy (non-hydrogen) atoms. The van der Waals surface area contributed by atoms with Crippen molar-refractivity contribution in [2.24, 2.45) is 0 Å². The van der Waals surface area contributed by atoms with Crippen LogP contribution in [-0.2, 0) is 11.3 Å². The molecule has 198 valence electrons. The number of nitrogens with one attached hydrogen (secondary N) is 1. The van der Waals surface area contributed by atoms with E-state index in [0.29, 0.717) is 11.3 Å². The van der Waals surface area contributed by atoms with Gasteiger partial charge in [0.25, 0.3) is 5.91 Å². The summed E-state index contributed by atoms with van der Waals surface area (Å²) in [6, 6.07) is 13.2. The number of aliphatic carboxylic acids is 1. The van der Waals surface area contributed by atoms with Crippen LogP contribution in [0.1, 0.15) is 59.8 Å². The molecule has 3 rings (SSSR count). The van der Waals surface area contributed by atoms with Gasteiger partial charge >= 0.3 is 5.97 Å². The van der Waals surface area contributed by atoms with Crippen LogP contribution in [0.4, 0.5) is 4.39 Å². The van der Waals surface area contributed by atoms with E-state index in [0.717, 1.165) is 11.1 Å². The molecule has 1 heterocycles. The summed E-state index contributed by atoms with van der Waals surface area (Å²) in [7, 11) is 0. The number of nitrogens with zero attached hydrogens (tertiary/aromatic N) is 2. The van der Waals surface area contributed by atoms with Gasteiger partial charge in [-0.1, -0.05) is 43.7 Å². The Kier molecular flexibility index (Phi) is 9.37. The maximum Gasteiger partial charge on any atom is 0.305 e. The topological polar surface area (TPSA) is 134 Å². The smallest absolute Gasteiger partial charge is 0.305 e. The minimum atomic E-state index is -1.24. The van der Waals surface area contributed by atoms with E-state index in [1.807, 2.05) is 45.0 Å². The van der Waals surface area contributed by atoms with Gasteiger partial charge in [-0.15, -0.1) is 0 Å². The van der Waals surface area contributed by atoms with Crippen molar-refractivity contribution in [2.45, 2.75) is 58.3 Å². The molecule has 0 spiro atoms. The number of benzene rings is 2. The van der Waals surface area contributed by atoms with E-state index in [2.05, 4.69) is 10.4 Å². The van der Waals surface area contributed by atoms with Gasteiger partial charge in [-0.25, -0.2) is 9.07 Å². The fourth-order valence-electron chi connectivity index (χ4n) is 3.93. The molecule has 0 fully saturated rings. The first-order chi connectivity index (χ1) is 17.5. The summed E-state index contributed by atoms with van der Waals surface area (Å²) in [5.74, 6) is -2.07. The Morgan fingerprint density at radius 2 is 1.81 bits per heavy atom. The molecule has 0 aliphatic heterocycles. The number of carbonyl (C=O) groups is 2. The number of hydrogen-bond acceptors (Lipinski definition) is 6. The van der Waals surface area contributed by atoms with E-state index in [9.17, 15) is 24.2 Å². The second-order valence-corrected chi connectivity index (χ2v) is 9.23. The average Bonchev–Trinajstić information content (AvgIpc) is 3.21. The Labute approximate surface area is 214 Å². The molecule has 2 atom stereocenters. The molecule has 4 N–H and O–H groups in total. The highest BCUT2D eigenvalue weighted by atomic mass is 19.1. The van der Waals surface area contributed by atoms with E-state index in [1.54, 1.807) is 0 Å². The van der Waals surface area contributed by atoms with Crippen LogP contribution in [0.3, 0.4) is 0 Å². The number of rotatable bonds is 12. The molecule has 1 aromatic heterocycles. The highest BCUT2D eigenvalue weighted by Gasteiger charge is 2.28. The van der Waals surface area contributed by atoms with Gasteiger partial charge in [-0.2, -0.15) is 5.10 Å². The number of aliphatic hydroxyl groups is 2. The first-order valence-corrected chi connectivity index (χ1v) is 12.0. The second-order valence-electron chi connectivity index (χ2n) is 9.23. The lowest BCUT2D eigenvalue weighted by molar-refractivity contribution is -0.139. The van der Waals surface area contributed by atoms with Crippen LogP contribution >= 0.6 is 0 Å². The Hall–Kier alpha value is -3.76. The van der Waals surface area contributed by atoms with Crippen LogP contribution < -0.4 is 10.1 Å². The van der Waals surface area contributed by atoms with Crippen molar-refractivity contribution in [3.63, 3.8) is 0 Å². The van der Waals surface area contributed by atoms with Crippen molar-refractivity contribution in [2.75, 3.05) is 6.61 Å². The molecule has 0 bridgehead atoms. The van der Waals surface area contributed by atoms with Crippen LogP contribution in [0.2, 0.25) is 0 Å². The van der Waals surface area contributed by atoms with Crippen molar-refractivity contribution in [3.8, 4) is 11.6 Å². The zero-order chi connectivity index (χ0) is 27.1. The number of halogens is 1. The predicted molar refractivity (Wildman–Crippen MR) is 134 cm³/mol. The van der Waals surface area contributed by atoms with Crippen molar-refractivity contribution < 1.29 is 34.0 Å². The number of aromatic nitrogens is 2. The zero-order valence-corrected chi connectivity index (χ0v) is 21.0. The second kappa shape index (κ2) is 12.5. The van der Waals surface area contributed by atoms with Gasteiger partial charge in [0.15, 0.2) is 5.69 Å². The Morgan fingerprint density at radius 1 is 1.11 bits per heavy atom. The van der Waals surface area contributed by atoms with Gasteiger partial charge < -0.3 is 25.4 Å². The summed E-state index contributed by atoms with van der Waals surface area (Å²) in [5, 5.41) is 36.4. The molecule has 3 aromatic rings. The lowest BCUT2D eigenvalue weighted by atomic mass is 10.0. The average molecular weight is 514 g/mol. The third kappa shape index (κ3) is 7.61. The fraction of sp³-hybridized carbons (Fsp3) is 0.370. The number of carboxylic acid groups (broad SMARTS) is 1. The van der Waals surface area contributed by atoms with Gasteiger partial charge in [-0.3, -0.25) is 9.59 Å². The number of aliphatic hydroxyl groups excluding tert-OH is 2. The number of ether oxygens (including phenoxy) is 1. The Bertz CT molecular complexity index is 1230. The van der Waals surface area contributed by atoms with E-state index in [4.69, 9.17) is 9.84 Å². The maximum absolute atomic E-state index is 13.6. The number of aryl methyl sites for hydroxylation is 1. The van der Waals surface area contributed by atoms with Crippen LogP contribution in [0.5, 0.6) is 5.88 Å². The number of amides is 1. The Morgan fingerprint density at radius 3 is 2.43 bits per heavy atom. The number of hydrogen-bond donors (Lipinski definition) is 4. The minimum absolute atomic E-state index is 0.127. The molecule has 0 aliphatic carbocycles. The van der Waals surface area contributed by atoms with E-state index in [1.165, 1.54) is 28.9 Å². The lowest BCUT2D eigenvalue weighted by Crippen LogP contribution is -2.26. The van der Waals surface area contributed by atoms with Crippen LogP contribution in [0.25, 0.3) is 5.69 Å². The molecule has 0 aliphatic rings. The molecule has 0 radical (unpaired) electrons. The van der Waals surface area contributed by atoms with E-state index < -0.39 is 36.3 Å². The molecular weight excluding hydrogens is 481 g/mol. The monoisotopic (exact) mass is 513 g/mol. The van der Waals surface area contributed by atoms with Crippen molar-refractivity contribution in [1.82, 2.24) is 15.1 Å². The highest BCUT2D eigenvalue weighted by Crippen LogP contribution is 2.33. The molecule has 1 amide bonds. The van der Waals surface area contributed by atoms with Crippen molar-refractivity contribution >= 4 is 11.9 Å². The first-order valence-electron chi connectivity index (χ1n) is 12.0. The normalized spacial score (nSPS) is 12.8. The van der Waals surface area contributed by atoms with Crippen molar-refractivity contribution in [1.29, 1.82) is 0 Å². The summed E-state index contributed by atoms with van der Waals surface area (Å²) in [4.78, 5) is 24.0. The van der Waals surface area contributed by atoms with Gasteiger partial charge in [0, 0.05) is 18.5 Å². The number of carboxylic acids is 1. The molecule has 0 saturated carbocycles. The summed E-state index contributed by atoms with van der Waals surface area (Å²) >= 11 is 0. The van der Waals surface area contributed by atoms with Gasteiger partial charge in [-0.05, 0) is 42.7 Å². The SMILES string of the molecule is Cc1cccc(CNC(=O)c2nn(-c3ccc(F)cc3)c(OC[C@@H](O)C[C@@H](O)CC(=O)O)c2C(C)C)c1.